The summed E-state index contributed by atoms with van der Waals surface area (Å²) >= 11 is 0. The molecular weight excluding hydrogens is 128 g/mol. The fraction of sp³-hybridized carbons (Fsp3) is 0.143. The van der Waals surface area contributed by atoms with Gasteiger partial charge in [0.2, 0.25) is 0 Å². The molecular formula is C7H9OSi. The van der Waals surface area contributed by atoms with Gasteiger partial charge in [-0.25, -0.2) is 0 Å². The lowest BCUT2D eigenvalue weighted by atomic mass is 10.2. The van der Waals surface area contributed by atoms with E-state index in [-0.39, 0.29) is 5.73 Å². The zero-order chi connectivity index (χ0) is 6.69. The Labute approximate surface area is 57.8 Å². The lowest BCUT2D eigenvalue weighted by Gasteiger charge is -2.00. The predicted octanol–water partition coefficient (Wildman–Crippen LogP) is 0.311. The summed E-state index contributed by atoms with van der Waals surface area (Å²) in [5.74, 6) is 0. The van der Waals surface area contributed by atoms with Gasteiger partial charge in [0.15, 0.2) is 0 Å². The summed E-state index contributed by atoms with van der Waals surface area (Å²) in [5.41, 5.74) is 0.669. The number of aliphatic hydroxyl groups is 1. The van der Waals surface area contributed by atoms with E-state index in [1.807, 2.05) is 30.3 Å². The lowest BCUT2D eigenvalue weighted by molar-refractivity contribution is 0.262. The van der Waals surface area contributed by atoms with Crippen molar-refractivity contribution in [2.24, 2.45) is 0 Å². The molecule has 1 unspecified atom stereocenters. The van der Waals surface area contributed by atoms with Crippen molar-refractivity contribution in [3.05, 3.63) is 35.9 Å². The summed E-state index contributed by atoms with van der Waals surface area (Å²) in [6.45, 7) is 0. The maximum absolute atomic E-state index is 9.04. The molecule has 0 saturated heterocycles. The smallest absolute Gasteiger partial charge is 0.0596 e. The molecule has 0 spiro atoms. The van der Waals surface area contributed by atoms with Crippen LogP contribution in [-0.4, -0.2) is 15.3 Å². The lowest BCUT2D eigenvalue weighted by Crippen LogP contribution is -1.93. The number of aliphatic hydroxyl groups excluding tert-OH is 1. The SMILES string of the molecule is OC([SiH2])c1ccccc1. The van der Waals surface area contributed by atoms with Gasteiger partial charge in [-0.15, -0.1) is 0 Å². The summed E-state index contributed by atoms with van der Waals surface area (Å²) in [7, 11) is 1.57. The molecule has 1 aromatic carbocycles. The van der Waals surface area contributed by atoms with Crippen molar-refractivity contribution in [1.29, 1.82) is 0 Å². The average Bonchev–Trinajstić information content (AvgIpc) is 1.90. The highest BCUT2D eigenvalue weighted by Crippen LogP contribution is 2.06. The van der Waals surface area contributed by atoms with Gasteiger partial charge < -0.3 is 5.11 Å². The zero-order valence-electron chi connectivity index (χ0n) is 5.12. The summed E-state index contributed by atoms with van der Waals surface area (Å²) in [5, 5.41) is 9.04. The summed E-state index contributed by atoms with van der Waals surface area (Å²) < 4.78 is 0. The van der Waals surface area contributed by atoms with Gasteiger partial charge in [0.1, 0.15) is 0 Å². The van der Waals surface area contributed by atoms with Crippen LogP contribution in [0.1, 0.15) is 11.3 Å². The van der Waals surface area contributed by atoms with Gasteiger partial charge >= 0.3 is 0 Å². The maximum atomic E-state index is 9.04. The van der Waals surface area contributed by atoms with Crippen molar-refractivity contribution >= 4 is 10.2 Å². The fourth-order valence-corrected chi connectivity index (χ4v) is 0.947. The second-order valence-corrected chi connectivity index (χ2v) is 2.70. The number of hydrogen-bond donors (Lipinski definition) is 1. The van der Waals surface area contributed by atoms with E-state index in [0.29, 0.717) is 0 Å². The van der Waals surface area contributed by atoms with Crippen LogP contribution < -0.4 is 0 Å². The molecule has 0 bridgehead atoms. The van der Waals surface area contributed by atoms with Crippen LogP contribution in [0, 0.1) is 0 Å². The van der Waals surface area contributed by atoms with E-state index in [2.05, 4.69) is 0 Å². The molecule has 1 N–H and O–H groups in total. The van der Waals surface area contributed by atoms with Gasteiger partial charge in [-0.3, -0.25) is 0 Å². The van der Waals surface area contributed by atoms with Crippen molar-refractivity contribution < 1.29 is 5.11 Å². The minimum Gasteiger partial charge on any atom is -0.393 e. The third-order valence-electron chi connectivity index (χ3n) is 1.18. The zero-order valence-corrected chi connectivity index (χ0v) is 6.53. The molecule has 0 saturated carbocycles. The average molecular weight is 137 g/mol. The topological polar surface area (TPSA) is 20.2 Å². The number of benzene rings is 1. The van der Waals surface area contributed by atoms with Gasteiger partial charge in [-0.05, 0) is 5.56 Å². The van der Waals surface area contributed by atoms with E-state index in [1.54, 1.807) is 10.2 Å². The second kappa shape index (κ2) is 2.80. The van der Waals surface area contributed by atoms with Crippen molar-refractivity contribution in [2.45, 2.75) is 5.73 Å². The largest absolute Gasteiger partial charge is 0.393 e. The first-order valence-electron chi connectivity index (χ1n) is 2.87. The third-order valence-corrected chi connectivity index (χ3v) is 1.66. The minimum atomic E-state index is -0.314. The molecule has 1 aromatic rings. The monoisotopic (exact) mass is 137 g/mol. The maximum Gasteiger partial charge on any atom is 0.0596 e. The van der Waals surface area contributed by atoms with Crippen molar-refractivity contribution in [3.8, 4) is 0 Å². The Bertz CT molecular complexity index is 172. The van der Waals surface area contributed by atoms with E-state index in [9.17, 15) is 0 Å². The van der Waals surface area contributed by atoms with Crippen molar-refractivity contribution in [3.63, 3.8) is 0 Å². The molecule has 1 atom stereocenters. The predicted molar refractivity (Wildman–Crippen MR) is 39.9 cm³/mol. The van der Waals surface area contributed by atoms with Crippen LogP contribution in [0.3, 0.4) is 0 Å². The van der Waals surface area contributed by atoms with E-state index in [0.717, 1.165) is 5.56 Å². The normalized spacial score (nSPS) is 13.1. The molecule has 0 heterocycles. The first kappa shape index (κ1) is 6.52. The van der Waals surface area contributed by atoms with E-state index in [4.69, 9.17) is 5.11 Å². The Hall–Kier alpha value is -0.603. The van der Waals surface area contributed by atoms with Gasteiger partial charge in [0, 0.05) is 0 Å². The Morgan fingerprint density at radius 2 is 1.78 bits per heavy atom. The van der Waals surface area contributed by atoms with E-state index >= 15 is 0 Å². The van der Waals surface area contributed by atoms with Crippen LogP contribution in [0.2, 0.25) is 0 Å². The molecule has 0 fully saturated rings. The third kappa shape index (κ3) is 1.66. The Balaban J connectivity index is 2.85. The highest BCUT2D eigenvalue weighted by atomic mass is 28.1. The van der Waals surface area contributed by atoms with Gasteiger partial charge in [0.05, 0.1) is 16.0 Å². The molecule has 9 heavy (non-hydrogen) atoms. The highest BCUT2D eigenvalue weighted by molar-refractivity contribution is 6.11. The molecule has 0 aromatic heterocycles. The molecule has 1 radical (unpaired) electrons. The molecule has 0 aliphatic carbocycles. The Kier molecular flexibility index (Phi) is 2.03. The fourth-order valence-electron chi connectivity index (χ4n) is 0.675. The standard InChI is InChI=1S/C7H9OSi/c8-7(9)6-4-2-1-3-5-6/h1-5,7-8H,9H2. The van der Waals surface area contributed by atoms with Crippen LogP contribution in [0.15, 0.2) is 30.3 Å². The minimum absolute atomic E-state index is 0.314. The number of hydrogen-bond acceptors (Lipinski definition) is 1. The van der Waals surface area contributed by atoms with Crippen molar-refractivity contribution in [1.82, 2.24) is 0 Å². The van der Waals surface area contributed by atoms with Crippen LogP contribution in [0.25, 0.3) is 0 Å². The quantitative estimate of drug-likeness (QED) is 0.552. The molecule has 1 nitrogen and oxygen atoms in total. The molecule has 0 aliphatic rings. The summed E-state index contributed by atoms with van der Waals surface area (Å²) in [6.07, 6.45) is 0. The van der Waals surface area contributed by atoms with Crippen LogP contribution in [0.5, 0.6) is 0 Å². The Morgan fingerprint density at radius 1 is 1.22 bits per heavy atom. The molecule has 0 amide bonds. The van der Waals surface area contributed by atoms with E-state index in [1.165, 1.54) is 0 Å². The van der Waals surface area contributed by atoms with Gasteiger partial charge in [-0.1, -0.05) is 30.3 Å². The van der Waals surface area contributed by atoms with E-state index < -0.39 is 0 Å². The van der Waals surface area contributed by atoms with Gasteiger partial charge in [-0.2, -0.15) is 0 Å². The first-order chi connectivity index (χ1) is 4.30. The molecule has 47 valence electrons. The van der Waals surface area contributed by atoms with Crippen LogP contribution in [-0.2, 0) is 0 Å². The molecule has 0 aliphatic heterocycles. The molecule has 1 rings (SSSR count). The number of rotatable bonds is 1. The highest BCUT2D eigenvalue weighted by Gasteiger charge is 1.95. The van der Waals surface area contributed by atoms with Gasteiger partial charge in [0.25, 0.3) is 0 Å². The summed E-state index contributed by atoms with van der Waals surface area (Å²) in [6, 6.07) is 9.61. The Morgan fingerprint density at radius 3 is 2.11 bits per heavy atom. The second-order valence-electron chi connectivity index (χ2n) is 1.93. The first-order valence-corrected chi connectivity index (χ1v) is 3.68. The van der Waals surface area contributed by atoms with Crippen molar-refractivity contribution in [2.75, 3.05) is 0 Å². The summed E-state index contributed by atoms with van der Waals surface area (Å²) in [4.78, 5) is 0. The van der Waals surface area contributed by atoms with Crippen LogP contribution in [0.4, 0.5) is 0 Å². The van der Waals surface area contributed by atoms with Crippen LogP contribution >= 0.6 is 0 Å². The molecule has 2 heteroatoms.